The van der Waals surface area contributed by atoms with Crippen LogP contribution in [-0.2, 0) is 0 Å². The summed E-state index contributed by atoms with van der Waals surface area (Å²) in [5.41, 5.74) is 1.92. The second-order valence-electron chi connectivity index (χ2n) is 6.96. The fourth-order valence-corrected chi connectivity index (χ4v) is 3.20. The van der Waals surface area contributed by atoms with Crippen LogP contribution in [0.15, 0.2) is 36.4 Å². The van der Waals surface area contributed by atoms with E-state index < -0.39 is 0 Å². The Labute approximate surface area is 155 Å². The third-order valence-corrected chi connectivity index (χ3v) is 4.76. The Morgan fingerprint density at radius 2 is 1.96 bits per heavy atom. The zero-order valence-electron chi connectivity index (χ0n) is 15.4. The van der Waals surface area contributed by atoms with Crippen LogP contribution in [0.5, 0.6) is 0 Å². The summed E-state index contributed by atoms with van der Waals surface area (Å²) >= 11 is 0. The van der Waals surface area contributed by atoms with E-state index in [-0.39, 0.29) is 12.6 Å². The van der Waals surface area contributed by atoms with Gasteiger partial charge in [-0.1, -0.05) is 30.3 Å². The molecular formula is C20H29N5O. The Kier molecular flexibility index (Phi) is 6.80. The lowest BCUT2D eigenvalue weighted by Crippen LogP contribution is -2.28. The molecule has 2 heterocycles. The molecule has 0 radical (unpaired) electrons. The zero-order valence-corrected chi connectivity index (χ0v) is 15.4. The minimum Gasteiger partial charge on any atom is -0.394 e. The molecule has 0 unspecified atom stereocenters. The number of benzene rings is 1. The summed E-state index contributed by atoms with van der Waals surface area (Å²) in [5.74, 6) is 2.14. The van der Waals surface area contributed by atoms with E-state index in [2.05, 4.69) is 25.9 Å². The van der Waals surface area contributed by atoms with E-state index in [0.717, 1.165) is 49.0 Å². The Morgan fingerprint density at radius 3 is 2.69 bits per heavy atom. The maximum Gasteiger partial charge on any atom is 0.225 e. The largest absolute Gasteiger partial charge is 0.394 e. The van der Waals surface area contributed by atoms with Gasteiger partial charge in [-0.15, -0.1) is 0 Å². The van der Waals surface area contributed by atoms with Crippen molar-refractivity contribution in [3.8, 4) is 11.3 Å². The maximum atomic E-state index is 9.30. The Balaban J connectivity index is 1.71. The van der Waals surface area contributed by atoms with Crippen molar-refractivity contribution in [2.45, 2.75) is 32.2 Å². The van der Waals surface area contributed by atoms with E-state index >= 15 is 0 Å². The lowest BCUT2D eigenvalue weighted by atomic mass is 9.95. The monoisotopic (exact) mass is 355 g/mol. The molecule has 4 N–H and O–H groups in total. The van der Waals surface area contributed by atoms with Crippen LogP contribution in [0.4, 0.5) is 11.8 Å². The number of piperidine rings is 1. The van der Waals surface area contributed by atoms with Crippen molar-refractivity contribution in [1.82, 2.24) is 15.3 Å². The summed E-state index contributed by atoms with van der Waals surface area (Å²) in [7, 11) is 0. The van der Waals surface area contributed by atoms with Crippen LogP contribution in [0.1, 0.15) is 26.2 Å². The molecule has 1 fully saturated rings. The average molecular weight is 355 g/mol. The number of aromatic nitrogens is 2. The number of nitrogens with zero attached hydrogens (tertiary/aromatic N) is 2. The average Bonchev–Trinajstić information content (AvgIpc) is 2.69. The first-order chi connectivity index (χ1) is 12.7. The van der Waals surface area contributed by atoms with E-state index in [0.29, 0.717) is 5.95 Å². The van der Waals surface area contributed by atoms with Gasteiger partial charge in [-0.25, -0.2) is 4.98 Å². The Hall–Kier alpha value is -2.18. The number of aliphatic hydroxyl groups excluding tert-OH is 1. The third kappa shape index (κ3) is 5.41. The predicted molar refractivity (Wildman–Crippen MR) is 106 cm³/mol. The molecule has 0 bridgehead atoms. The number of aliphatic hydroxyl groups is 1. The Bertz CT molecular complexity index is 673. The second-order valence-corrected chi connectivity index (χ2v) is 6.96. The SMILES string of the molecule is C[C@@H](CO)Nc1nc(NCCC2CCNCC2)cc(-c2ccccc2)n1. The standard InChI is InChI=1S/C20H29N5O/c1-15(14-26)23-20-24-18(17-5-3-2-4-6-17)13-19(25-20)22-12-9-16-7-10-21-11-8-16/h2-6,13,15-16,21,26H,7-12,14H2,1H3,(H2,22,23,24,25)/t15-/m0/s1. The summed E-state index contributed by atoms with van der Waals surface area (Å²) in [5, 5.41) is 19.3. The highest BCUT2D eigenvalue weighted by molar-refractivity contribution is 5.64. The van der Waals surface area contributed by atoms with Crippen LogP contribution >= 0.6 is 0 Å². The number of hydrogen-bond donors (Lipinski definition) is 4. The van der Waals surface area contributed by atoms with Gasteiger partial charge in [0.1, 0.15) is 5.82 Å². The molecule has 1 aliphatic rings. The van der Waals surface area contributed by atoms with Crippen LogP contribution in [0.25, 0.3) is 11.3 Å². The van der Waals surface area contributed by atoms with Crippen LogP contribution < -0.4 is 16.0 Å². The van der Waals surface area contributed by atoms with Crippen LogP contribution in [0.2, 0.25) is 0 Å². The topological polar surface area (TPSA) is 82.1 Å². The van der Waals surface area contributed by atoms with Gasteiger partial charge in [0, 0.05) is 24.2 Å². The van der Waals surface area contributed by atoms with Gasteiger partial charge in [-0.3, -0.25) is 0 Å². The van der Waals surface area contributed by atoms with Crippen molar-refractivity contribution in [3.05, 3.63) is 36.4 Å². The molecule has 0 saturated carbocycles. The van der Waals surface area contributed by atoms with Crippen molar-refractivity contribution in [2.24, 2.45) is 5.92 Å². The van der Waals surface area contributed by atoms with Crippen molar-refractivity contribution in [3.63, 3.8) is 0 Å². The molecule has 140 valence electrons. The summed E-state index contributed by atoms with van der Waals surface area (Å²) in [6.45, 7) is 5.11. The molecule has 3 rings (SSSR count). The molecule has 1 aromatic carbocycles. The first-order valence-electron chi connectivity index (χ1n) is 9.51. The third-order valence-electron chi connectivity index (χ3n) is 4.76. The van der Waals surface area contributed by atoms with Gasteiger partial charge >= 0.3 is 0 Å². The lowest BCUT2D eigenvalue weighted by molar-refractivity contribution is 0.281. The molecule has 1 aliphatic heterocycles. The normalized spacial score (nSPS) is 16.2. The van der Waals surface area contributed by atoms with Gasteiger partial charge in [-0.2, -0.15) is 4.98 Å². The van der Waals surface area contributed by atoms with Gasteiger partial charge in [-0.05, 0) is 45.2 Å². The van der Waals surface area contributed by atoms with E-state index in [4.69, 9.17) is 0 Å². The molecule has 6 heteroatoms. The van der Waals surface area contributed by atoms with Gasteiger partial charge < -0.3 is 21.1 Å². The van der Waals surface area contributed by atoms with Crippen LogP contribution in [0, 0.1) is 5.92 Å². The molecule has 1 saturated heterocycles. The second kappa shape index (κ2) is 9.50. The van der Waals surface area contributed by atoms with Crippen molar-refractivity contribution in [1.29, 1.82) is 0 Å². The van der Waals surface area contributed by atoms with Crippen molar-refractivity contribution < 1.29 is 5.11 Å². The van der Waals surface area contributed by atoms with Gasteiger partial charge in [0.05, 0.1) is 12.3 Å². The Morgan fingerprint density at radius 1 is 1.19 bits per heavy atom. The quantitative estimate of drug-likeness (QED) is 0.583. The highest BCUT2D eigenvalue weighted by Gasteiger charge is 2.13. The van der Waals surface area contributed by atoms with Crippen LogP contribution in [0.3, 0.4) is 0 Å². The van der Waals surface area contributed by atoms with Gasteiger partial charge in [0.2, 0.25) is 5.95 Å². The molecule has 6 nitrogen and oxygen atoms in total. The molecular weight excluding hydrogens is 326 g/mol. The molecule has 0 aliphatic carbocycles. The van der Waals surface area contributed by atoms with E-state index in [1.165, 1.54) is 12.8 Å². The van der Waals surface area contributed by atoms with Crippen LogP contribution in [-0.4, -0.2) is 47.4 Å². The van der Waals surface area contributed by atoms with Crippen molar-refractivity contribution in [2.75, 3.05) is 36.9 Å². The fourth-order valence-electron chi connectivity index (χ4n) is 3.20. The van der Waals surface area contributed by atoms with Crippen molar-refractivity contribution >= 4 is 11.8 Å². The fraction of sp³-hybridized carbons (Fsp3) is 0.500. The first kappa shape index (κ1) is 18.6. The number of nitrogens with one attached hydrogen (secondary N) is 3. The zero-order chi connectivity index (χ0) is 18.2. The van der Waals surface area contributed by atoms with Gasteiger partial charge in [0.25, 0.3) is 0 Å². The van der Waals surface area contributed by atoms with E-state index in [9.17, 15) is 5.11 Å². The summed E-state index contributed by atoms with van der Waals surface area (Å²) in [6.07, 6.45) is 3.66. The summed E-state index contributed by atoms with van der Waals surface area (Å²) < 4.78 is 0. The minimum atomic E-state index is -0.0939. The molecule has 26 heavy (non-hydrogen) atoms. The predicted octanol–water partition coefficient (Wildman–Crippen LogP) is 2.74. The highest BCUT2D eigenvalue weighted by Crippen LogP contribution is 2.22. The number of rotatable bonds is 8. The minimum absolute atomic E-state index is 0.0391. The number of anilines is 2. The molecule has 0 spiro atoms. The first-order valence-corrected chi connectivity index (χ1v) is 9.51. The summed E-state index contributed by atoms with van der Waals surface area (Å²) in [6, 6.07) is 12.0. The number of hydrogen-bond acceptors (Lipinski definition) is 6. The molecule has 1 aromatic heterocycles. The lowest BCUT2D eigenvalue weighted by Gasteiger charge is -2.22. The summed E-state index contributed by atoms with van der Waals surface area (Å²) in [4.78, 5) is 9.18. The molecule has 2 aromatic rings. The smallest absolute Gasteiger partial charge is 0.225 e. The van der Waals surface area contributed by atoms with E-state index in [1.54, 1.807) is 0 Å². The van der Waals surface area contributed by atoms with Gasteiger partial charge in [0.15, 0.2) is 0 Å². The highest BCUT2D eigenvalue weighted by atomic mass is 16.3. The van der Waals surface area contributed by atoms with E-state index in [1.807, 2.05) is 43.3 Å². The maximum absolute atomic E-state index is 9.30. The molecule has 1 atom stereocenters. The molecule has 0 amide bonds.